The van der Waals surface area contributed by atoms with E-state index in [2.05, 4.69) is 5.10 Å². The number of hydrogen-bond acceptors (Lipinski definition) is 2. The van der Waals surface area contributed by atoms with E-state index in [-0.39, 0.29) is 17.3 Å². The molecule has 0 aliphatic heterocycles. The zero-order valence-electron chi connectivity index (χ0n) is 8.38. The van der Waals surface area contributed by atoms with Gasteiger partial charge in [-0.2, -0.15) is 18.3 Å². The largest absolute Gasteiger partial charge is 0.481 e. The van der Waals surface area contributed by atoms with E-state index in [0.29, 0.717) is 5.56 Å². The van der Waals surface area contributed by atoms with E-state index in [1.165, 1.54) is 18.2 Å². The lowest BCUT2D eigenvalue weighted by atomic mass is 10.1. The molecule has 2 N–H and O–H groups in total. The molecule has 0 unspecified atom stereocenters. The van der Waals surface area contributed by atoms with Gasteiger partial charge in [0.15, 0.2) is 0 Å². The zero-order chi connectivity index (χ0) is 12.6. The number of rotatable bonds is 2. The number of aromatic nitrogens is 2. The van der Waals surface area contributed by atoms with Crippen LogP contribution >= 0.6 is 0 Å². The molecule has 0 bridgehead atoms. The third-order valence-electron chi connectivity index (χ3n) is 2.26. The van der Waals surface area contributed by atoms with Gasteiger partial charge in [0, 0.05) is 5.39 Å². The third-order valence-corrected chi connectivity index (χ3v) is 2.26. The standard InChI is InChI=1S/C10H7F3N2O2/c11-10(12,13)9-6-2-1-5(4-8(16)17)3-7(6)14-15-9/h1-3H,4H2,(H,14,15)(H,16,17). The van der Waals surface area contributed by atoms with Crippen LogP contribution in [0.2, 0.25) is 0 Å². The van der Waals surface area contributed by atoms with Gasteiger partial charge in [-0.05, 0) is 11.6 Å². The predicted octanol–water partition coefficient (Wildman–Crippen LogP) is 2.21. The van der Waals surface area contributed by atoms with Crippen molar-refractivity contribution in [3.8, 4) is 0 Å². The van der Waals surface area contributed by atoms with E-state index in [1.807, 2.05) is 5.10 Å². The van der Waals surface area contributed by atoms with Crippen LogP contribution in [-0.2, 0) is 17.4 Å². The van der Waals surface area contributed by atoms with Crippen molar-refractivity contribution in [2.45, 2.75) is 12.6 Å². The molecule has 7 heteroatoms. The maximum Gasteiger partial charge on any atom is 0.433 e. The second kappa shape index (κ2) is 3.76. The van der Waals surface area contributed by atoms with Crippen molar-refractivity contribution >= 4 is 16.9 Å². The Labute approximate surface area is 93.1 Å². The van der Waals surface area contributed by atoms with E-state index in [9.17, 15) is 18.0 Å². The number of aromatic amines is 1. The Kier molecular flexibility index (Phi) is 2.53. The van der Waals surface area contributed by atoms with Crippen molar-refractivity contribution < 1.29 is 23.1 Å². The van der Waals surface area contributed by atoms with E-state index < -0.39 is 17.8 Å². The lowest BCUT2D eigenvalue weighted by Crippen LogP contribution is -2.05. The first-order valence-corrected chi connectivity index (χ1v) is 4.64. The Morgan fingerprint density at radius 3 is 2.71 bits per heavy atom. The molecule has 2 aromatic rings. The quantitative estimate of drug-likeness (QED) is 0.851. The van der Waals surface area contributed by atoms with Crippen LogP contribution in [0.4, 0.5) is 13.2 Å². The zero-order valence-corrected chi connectivity index (χ0v) is 8.38. The summed E-state index contributed by atoms with van der Waals surface area (Å²) in [6, 6.07) is 3.90. The highest BCUT2D eigenvalue weighted by atomic mass is 19.4. The fourth-order valence-corrected chi connectivity index (χ4v) is 1.56. The fourth-order valence-electron chi connectivity index (χ4n) is 1.56. The normalized spacial score (nSPS) is 11.9. The highest BCUT2D eigenvalue weighted by Gasteiger charge is 2.34. The number of nitrogens with zero attached hydrogens (tertiary/aromatic N) is 1. The summed E-state index contributed by atoms with van der Waals surface area (Å²) in [5.41, 5.74) is -0.407. The summed E-state index contributed by atoms with van der Waals surface area (Å²) >= 11 is 0. The molecule has 0 aliphatic carbocycles. The number of fused-ring (bicyclic) bond motifs is 1. The number of aliphatic carboxylic acids is 1. The number of halogens is 3. The molecule has 2 rings (SSSR count). The molecule has 0 spiro atoms. The van der Waals surface area contributed by atoms with Gasteiger partial charge in [0.2, 0.25) is 0 Å². The summed E-state index contributed by atoms with van der Waals surface area (Å²) < 4.78 is 37.5. The minimum atomic E-state index is -4.50. The molecule has 0 atom stereocenters. The monoisotopic (exact) mass is 244 g/mol. The second-order valence-corrected chi connectivity index (χ2v) is 3.52. The highest BCUT2D eigenvalue weighted by Crippen LogP contribution is 2.33. The topological polar surface area (TPSA) is 66.0 Å². The molecule has 1 aromatic heterocycles. The Morgan fingerprint density at radius 1 is 1.41 bits per heavy atom. The number of alkyl halides is 3. The SMILES string of the molecule is O=C(O)Cc1ccc2c(C(F)(F)F)[nH]nc2c1. The summed E-state index contributed by atoms with van der Waals surface area (Å²) in [7, 11) is 0. The van der Waals surface area contributed by atoms with Gasteiger partial charge >= 0.3 is 12.1 Å². The van der Waals surface area contributed by atoms with Gasteiger partial charge in [-0.1, -0.05) is 12.1 Å². The number of hydrogen-bond donors (Lipinski definition) is 2. The van der Waals surface area contributed by atoms with Crippen LogP contribution in [0, 0.1) is 0 Å². The summed E-state index contributed by atoms with van der Waals surface area (Å²) in [5.74, 6) is -1.05. The molecule has 0 saturated carbocycles. The maximum absolute atomic E-state index is 12.5. The Bertz CT molecular complexity index is 574. The van der Waals surface area contributed by atoms with E-state index >= 15 is 0 Å². The Hall–Kier alpha value is -2.05. The average Bonchev–Trinajstić information content (AvgIpc) is 2.58. The van der Waals surface area contributed by atoms with Gasteiger partial charge in [-0.3, -0.25) is 9.89 Å². The van der Waals surface area contributed by atoms with E-state index in [0.717, 1.165) is 0 Å². The van der Waals surface area contributed by atoms with Gasteiger partial charge in [0.05, 0.1) is 11.9 Å². The van der Waals surface area contributed by atoms with Crippen LogP contribution in [0.25, 0.3) is 10.9 Å². The minimum Gasteiger partial charge on any atom is -0.481 e. The van der Waals surface area contributed by atoms with E-state index in [4.69, 9.17) is 5.11 Å². The van der Waals surface area contributed by atoms with Crippen molar-refractivity contribution in [2.75, 3.05) is 0 Å². The number of carboxylic acids is 1. The number of benzene rings is 1. The molecule has 1 heterocycles. The maximum atomic E-state index is 12.5. The number of H-pyrrole nitrogens is 1. The van der Waals surface area contributed by atoms with Crippen molar-refractivity contribution in [3.63, 3.8) is 0 Å². The van der Waals surface area contributed by atoms with Crippen molar-refractivity contribution in [1.29, 1.82) is 0 Å². The van der Waals surface area contributed by atoms with Gasteiger partial charge in [0.1, 0.15) is 5.69 Å². The highest BCUT2D eigenvalue weighted by molar-refractivity contribution is 5.83. The van der Waals surface area contributed by atoms with Gasteiger partial charge in [-0.25, -0.2) is 0 Å². The lowest BCUT2D eigenvalue weighted by molar-refractivity contribution is -0.140. The molecule has 17 heavy (non-hydrogen) atoms. The molecule has 0 saturated heterocycles. The van der Waals surface area contributed by atoms with Crippen LogP contribution in [-0.4, -0.2) is 21.3 Å². The smallest absolute Gasteiger partial charge is 0.433 e. The van der Waals surface area contributed by atoms with Crippen LogP contribution in [0.15, 0.2) is 18.2 Å². The summed E-state index contributed by atoms with van der Waals surface area (Å²) in [5, 5.41) is 13.9. The second-order valence-electron chi connectivity index (χ2n) is 3.52. The van der Waals surface area contributed by atoms with Crippen LogP contribution in [0.3, 0.4) is 0 Å². The van der Waals surface area contributed by atoms with Gasteiger partial charge in [-0.15, -0.1) is 0 Å². The first kappa shape index (κ1) is 11.4. The van der Waals surface area contributed by atoms with Gasteiger partial charge < -0.3 is 5.11 Å². The molecule has 0 amide bonds. The van der Waals surface area contributed by atoms with Crippen molar-refractivity contribution in [2.24, 2.45) is 0 Å². The summed E-state index contributed by atoms with van der Waals surface area (Å²) in [6.07, 6.45) is -4.74. The Morgan fingerprint density at radius 2 is 2.12 bits per heavy atom. The Balaban J connectivity index is 2.48. The third kappa shape index (κ3) is 2.22. The van der Waals surface area contributed by atoms with Crippen LogP contribution in [0.5, 0.6) is 0 Å². The molecule has 0 aliphatic rings. The fraction of sp³-hybridized carbons (Fsp3) is 0.200. The number of carbonyl (C=O) groups is 1. The molecule has 0 radical (unpaired) electrons. The van der Waals surface area contributed by atoms with Crippen molar-refractivity contribution in [1.82, 2.24) is 10.2 Å². The minimum absolute atomic E-state index is 0.0633. The molecular formula is C10H7F3N2O2. The van der Waals surface area contributed by atoms with E-state index in [1.54, 1.807) is 0 Å². The predicted molar refractivity (Wildman–Crippen MR) is 52.4 cm³/mol. The van der Waals surface area contributed by atoms with Crippen molar-refractivity contribution in [3.05, 3.63) is 29.5 Å². The van der Waals surface area contributed by atoms with Crippen LogP contribution < -0.4 is 0 Å². The average molecular weight is 244 g/mol. The molecule has 1 aromatic carbocycles. The molecule has 0 fully saturated rings. The molecule has 4 nitrogen and oxygen atoms in total. The summed E-state index contributed by atoms with van der Waals surface area (Å²) in [4.78, 5) is 10.5. The number of nitrogens with one attached hydrogen (secondary N) is 1. The first-order chi connectivity index (χ1) is 7.88. The lowest BCUT2D eigenvalue weighted by Gasteiger charge is -2.03. The van der Waals surface area contributed by atoms with Crippen LogP contribution in [0.1, 0.15) is 11.3 Å². The first-order valence-electron chi connectivity index (χ1n) is 4.64. The molecule has 90 valence electrons. The molecular weight excluding hydrogens is 237 g/mol. The van der Waals surface area contributed by atoms with Gasteiger partial charge in [0.25, 0.3) is 0 Å². The summed E-state index contributed by atoms with van der Waals surface area (Å²) in [6.45, 7) is 0. The number of carboxylic acid groups (broad SMARTS) is 1.